The number of nitrogens with one attached hydrogen (secondary N) is 1. The molecule has 3 rings (SSSR count). The first-order valence-corrected chi connectivity index (χ1v) is 12.7. The summed E-state index contributed by atoms with van der Waals surface area (Å²) < 4.78 is 38.6. The summed E-state index contributed by atoms with van der Waals surface area (Å²) in [6.07, 6.45) is 2.76. The van der Waals surface area contributed by atoms with E-state index in [0.29, 0.717) is 48.9 Å². The van der Waals surface area contributed by atoms with Gasteiger partial charge in [-0.2, -0.15) is 4.31 Å². The number of hydrogen-bond donors (Lipinski definition) is 1. The van der Waals surface area contributed by atoms with Crippen LogP contribution in [0.2, 0.25) is 0 Å². The van der Waals surface area contributed by atoms with Gasteiger partial charge in [-0.15, -0.1) is 0 Å². The summed E-state index contributed by atoms with van der Waals surface area (Å²) in [6.45, 7) is 6.49. The molecule has 1 heterocycles. The van der Waals surface area contributed by atoms with Gasteiger partial charge in [0.25, 0.3) is 5.91 Å². The van der Waals surface area contributed by atoms with E-state index in [-0.39, 0.29) is 4.90 Å². The number of carbonyl (C=O) groups is 1. The van der Waals surface area contributed by atoms with E-state index >= 15 is 0 Å². The Morgan fingerprint density at radius 1 is 1.00 bits per heavy atom. The van der Waals surface area contributed by atoms with Crippen LogP contribution in [-0.4, -0.2) is 59.0 Å². The van der Waals surface area contributed by atoms with Gasteiger partial charge in [0.15, 0.2) is 0 Å². The number of methoxy groups -OCH3 is 2. The lowest BCUT2D eigenvalue weighted by Gasteiger charge is -2.28. The molecule has 0 aromatic heterocycles. The first-order chi connectivity index (χ1) is 15.8. The topological polar surface area (TPSA) is 88.2 Å². The minimum atomic E-state index is -3.64. The van der Waals surface area contributed by atoms with Crippen molar-refractivity contribution in [2.24, 2.45) is 0 Å². The minimum absolute atomic E-state index is 0.178. The van der Waals surface area contributed by atoms with Gasteiger partial charge in [-0.3, -0.25) is 4.79 Å². The van der Waals surface area contributed by atoms with Crippen molar-refractivity contribution < 1.29 is 22.7 Å². The van der Waals surface area contributed by atoms with Gasteiger partial charge >= 0.3 is 0 Å². The third kappa shape index (κ3) is 5.42. The van der Waals surface area contributed by atoms with E-state index in [1.165, 1.54) is 11.4 Å². The first-order valence-electron chi connectivity index (χ1n) is 11.3. The number of piperidine rings is 1. The standard InChI is InChI=1S/C24H33N3O5S/c1-5-26(6-2)22-13-11-19(33(29,30)27-14-8-7-9-15-27)17-21(22)25-24(28)20-12-10-18(31-3)16-23(20)32-4/h10-13,16-17H,5-9,14-15H2,1-4H3,(H,25,28). The highest BCUT2D eigenvalue weighted by atomic mass is 32.2. The first kappa shape index (κ1) is 24.9. The van der Waals surface area contributed by atoms with Gasteiger partial charge in [0.05, 0.1) is 36.1 Å². The van der Waals surface area contributed by atoms with Crippen LogP contribution in [0.1, 0.15) is 43.5 Å². The fourth-order valence-corrected chi connectivity index (χ4v) is 5.59. The Morgan fingerprint density at radius 3 is 2.30 bits per heavy atom. The summed E-state index contributed by atoms with van der Waals surface area (Å²) in [5.41, 5.74) is 1.53. The maximum Gasteiger partial charge on any atom is 0.259 e. The summed E-state index contributed by atoms with van der Waals surface area (Å²) in [4.78, 5) is 15.4. The molecule has 1 saturated heterocycles. The third-order valence-corrected chi connectivity index (χ3v) is 7.82. The summed E-state index contributed by atoms with van der Waals surface area (Å²) in [5, 5.41) is 2.92. The molecule has 33 heavy (non-hydrogen) atoms. The summed E-state index contributed by atoms with van der Waals surface area (Å²) in [7, 11) is -0.615. The zero-order valence-corrected chi connectivity index (χ0v) is 20.6. The quantitative estimate of drug-likeness (QED) is 0.590. The van der Waals surface area contributed by atoms with Gasteiger partial charge in [0.1, 0.15) is 11.5 Å². The molecular weight excluding hydrogens is 442 g/mol. The summed E-state index contributed by atoms with van der Waals surface area (Å²) in [6, 6.07) is 9.90. The van der Waals surface area contributed by atoms with Crippen molar-refractivity contribution in [1.82, 2.24) is 4.31 Å². The average Bonchev–Trinajstić information content (AvgIpc) is 2.85. The van der Waals surface area contributed by atoms with Gasteiger partial charge in [-0.1, -0.05) is 6.42 Å². The van der Waals surface area contributed by atoms with Gasteiger partial charge < -0.3 is 19.7 Å². The monoisotopic (exact) mass is 475 g/mol. The molecule has 9 heteroatoms. The second-order valence-electron chi connectivity index (χ2n) is 7.84. The van der Waals surface area contributed by atoms with Gasteiger partial charge in [0.2, 0.25) is 10.0 Å². The molecule has 1 fully saturated rings. The third-order valence-electron chi connectivity index (χ3n) is 5.93. The van der Waals surface area contributed by atoms with Crippen LogP contribution < -0.4 is 19.7 Å². The second-order valence-corrected chi connectivity index (χ2v) is 9.77. The molecule has 0 aliphatic carbocycles. The molecule has 0 unspecified atom stereocenters. The number of anilines is 2. The number of sulfonamides is 1. The number of ether oxygens (including phenoxy) is 2. The summed E-state index contributed by atoms with van der Waals surface area (Å²) >= 11 is 0. The number of benzene rings is 2. The number of rotatable bonds is 9. The molecule has 1 N–H and O–H groups in total. The number of nitrogens with zero attached hydrogens (tertiary/aromatic N) is 2. The van der Waals surface area contributed by atoms with Crippen molar-refractivity contribution in [3.05, 3.63) is 42.0 Å². The van der Waals surface area contributed by atoms with Crippen LogP contribution in [0.15, 0.2) is 41.3 Å². The predicted molar refractivity (Wildman–Crippen MR) is 130 cm³/mol. The van der Waals surface area contributed by atoms with Crippen LogP contribution in [-0.2, 0) is 10.0 Å². The molecule has 0 saturated carbocycles. The predicted octanol–water partition coefficient (Wildman–Crippen LogP) is 3.98. The summed E-state index contributed by atoms with van der Waals surface area (Å²) in [5.74, 6) is 0.547. The Balaban J connectivity index is 2.01. The molecule has 2 aromatic rings. The molecular formula is C24H33N3O5S. The average molecular weight is 476 g/mol. The molecule has 180 valence electrons. The fourth-order valence-electron chi connectivity index (χ4n) is 4.05. The molecule has 1 aliphatic rings. The number of carbonyl (C=O) groups excluding carboxylic acids is 1. The van der Waals surface area contributed by atoms with E-state index in [9.17, 15) is 13.2 Å². The Kier molecular flexibility index (Phi) is 8.20. The normalized spacial score (nSPS) is 14.5. The maximum absolute atomic E-state index is 13.3. The fraction of sp³-hybridized carbons (Fsp3) is 0.458. The van der Waals surface area contributed by atoms with Crippen LogP contribution in [0.3, 0.4) is 0 Å². The van der Waals surface area contributed by atoms with E-state index in [2.05, 4.69) is 10.2 Å². The van der Waals surface area contributed by atoms with Crippen molar-refractivity contribution in [2.45, 2.75) is 38.0 Å². The van der Waals surface area contributed by atoms with Gasteiger partial charge in [-0.25, -0.2) is 8.42 Å². The molecule has 2 aromatic carbocycles. The SMILES string of the molecule is CCN(CC)c1ccc(S(=O)(=O)N2CCCCC2)cc1NC(=O)c1ccc(OC)cc1OC. The van der Waals surface area contributed by atoms with E-state index in [4.69, 9.17) is 9.47 Å². The lowest BCUT2D eigenvalue weighted by Crippen LogP contribution is -2.35. The highest BCUT2D eigenvalue weighted by molar-refractivity contribution is 7.89. The van der Waals surface area contributed by atoms with Crippen molar-refractivity contribution in [3.8, 4) is 11.5 Å². The smallest absolute Gasteiger partial charge is 0.259 e. The number of hydrogen-bond acceptors (Lipinski definition) is 6. The zero-order chi connectivity index (χ0) is 24.0. The van der Waals surface area contributed by atoms with Crippen LogP contribution >= 0.6 is 0 Å². The lowest BCUT2D eigenvalue weighted by atomic mass is 10.1. The Bertz CT molecular complexity index is 1080. The number of amides is 1. The Hall–Kier alpha value is -2.78. The molecule has 1 aliphatic heterocycles. The molecule has 1 amide bonds. The van der Waals surface area contributed by atoms with E-state index in [0.717, 1.165) is 24.9 Å². The van der Waals surface area contributed by atoms with Crippen LogP contribution in [0.4, 0.5) is 11.4 Å². The zero-order valence-electron chi connectivity index (χ0n) is 19.8. The van der Waals surface area contributed by atoms with Crippen molar-refractivity contribution in [3.63, 3.8) is 0 Å². The van der Waals surface area contributed by atoms with Crippen molar-refractivity contribution in [2.75, 3.05) is 50.6 Å². The molecule has 0 spiro atoms. The van der Waals surface area contributed by atoms with E-state index < -0.39 is 15.9 Å². The van der Waals surface area contributed by atoms with E-state index in [1.807, 2.05) is 13.8 Å². The van der Waals surface area contributed by atoms with Crippen LogP contribution in [0, 0.1) is 0 Å². The largest absolute Gasteiger partial charge is 0.497 e. The maximum atomic E-state index is 13.3. The van der Waals surface area contributed by atoms with Crippen LogP contribution in [0.25, 0.3) is 0 Å². The lowest BCUT2D eigenvalue weighted by molar-refractivity contribution is 0.102. The Labute approximate surface area is 196 Å². The Morgan fingerprint density at radius 2 is 1.70 bits per heavy atom. The molecule has 0 radical (unpaired) electrons. The molecule has 0 bridgehead atoms. The van der Waals surface area contributed by atoms with Crippen LogP contribution in [0.5, 0.6) is 11.5 Å². The molecule has 8 nitrogen and oxygen atoms in total. The molecule has 0 atom stereocenters. The highest BCUT2D eigenvalue weighted by Gasteiger charge is 2.27. The van der Waals surface area contributed by atoms with Crippen molar-refractivity contribution >= 4 is 27.3 Å². The van der Waals surface area contributed by atoms with E-state index in [1.54, 1.807) is 43.5 Å². The second kappa shape index (κ2) is 10.9. The van der Waals surface area contributed by atoms with Crippen molar-refractivity contribution in [1.29, 1.82) is 0 Å². The highest BCUT2D eigenvalue weighted by Crippen LogP contribution is 2.32. The van der Waals surface area contributed by atoms with Gasteiger partial charge in [-0.05, 0) is 57.0 Å². The minimum Gasteiger partial charge on any atom is -0.497 e. The van der Waals surface area contributed by atoms with Gasteiger partial charge in [0, 0.05) is 32.2 Å².